The first-order valence-electron chi connectivity index (χ1n) is 7.53. The van der Waals surface area contributed by atoms with Gasteiger partial charge in [-0.2, -0.15) is 5.26 Å². The van der Waals surface area contributed by atoms with Crippen LogP contribution in [0.5, 0.6) is 5.88 Å². The van der Waals surface area contributed by atoms with Crippen LogP contribution in [-0.4, -0.2) is 24.2 Å². The molecule has 2 aromatic rings. The molecule has 0 radical (unpaired) electrons. The van der Waals surface area contributed by atoms with Crippen molar-refractivity contribution in [1.29, 1.82) is 5.26 Å². The number of hydrogen-bond donors (Lipinski definition) is 1. The molecule has 1 aromatic heterocycles. The predicted octanol–water partition coefficient (Wildman–Crippen LogP) is 3.02. The van der Waals surface area contributed by atoms with Crippen molar-refractivity contribution in [2.24, 2.45) is 0 Å². The van der Waals surface area contributed by atoms with Gasteiger partial charge in [-0.05, 0) is 31.9 Å². The van der Waals surface area contributed by atoms with Crippen LogP contribution >= 0.6 is 0 Å². The Balaban J connectivity index is 1.68. The Bertz CT molecular complexity index is 657. The van der Waals surface area contributed by atoms with Gasteiger partial charge in [0.1, 0.15) is 6.07 Å². The molecular weight excluding hydrogens is 262 g/mol. The van der Waals surface area contributed by atoms with E-state index in [-0.39, 0.29) is 0 Å². The van der Waals surface area contributed by atoms with Crippen LogP contribution in [0.15, 0.2) is 30.3 Å². The summed E-state index contributed by atoms with van der Waals surface area (Å²) in [6, 6.07) is 12.2. The molecule has 3 rings (SSSR count). The van der Waals surface area contributed by atoms with Gasteiger partial charge in [-0.25, -0.2) is 4.98 Å². The monoisotopic (exact) mass is 281 g/mol. The highest BCUT2D eigenvalue weighted by Gasteiger charge is 2.12. The van der Waals surface area contributed by atoms with E-state index in [1.807, 2.05) is 24.3 Å². The van der Waals surface area contributed by atoms with E-state index < -0.39 is 0 Å². The minimum absolute atomic E-state index is 0.543. The summed E-state index contributed by atoms with van der Waals surface area (Å²) in [6.07, 6.45) is 4.77. The van der Waals surface area contributed by atoms with Crippen molar-refractivity contribution in [3.63, 3.8) is 0 Å². The van der Waals surface area contributed by atoms with Gasteiger partial charge in [0.25, 0.3) is 0 Å². The number of nitrogens with one attached hydrogen (secondary N) is 1. The topological polar surface area (TPSA) is 57.9 Å². The fraction of sp³-hybridized carbons (Fsp3) is 0.412. The Kier molecular flexibility index (Phi) is 4.32. The Labute approximate surface area is 124 Å². The zero-order chi connectivity index (χ0) is 14.5. The van der Waals surface area contributed by atoms with Crippen molar-refractivity contribution in [3.8, 4) is 11.9 Å². The van der Waals surface area contributed by atoms with Gasteiger partial charge in [0.15, 0.2) is 0 Å². The van der Waals surface area contributed by atoms with Gasteiger partial charge in [0.05, 0.1) is 17.7 Å². The van der Waals surface area contributed by atoms with Gasteiger partial charge in [0, 0.05) is 17.5 Å². The van der Waals surface area contributed by atoms with Crippen LogP contribution in [0.3, 0.4) is 0 Å². The zero-order valence-corrected chi connectivity index (χ0v) is 12.0. The number of nitrogens with zero attached hydrogens (tertiary/aromatic N) is 2. The summed E-state index contributed by atoms with van der Waals surface area (Å²) in [4.78, 5) is 4.47. The summed E-state index contributed by atoms with van der Waals surface area (Å²) in [7, 11) is 0. The number of benzene rings is 1. The number of para-hydroxylation sites is 1. The Morgan fingerprint density at radius 3 is 3.05 bits per heavy atom. The average Bonchev–Trinajstić information content (AvgIpc) is 2.55. The lowest BCUT2D eigenvalue weighted by Crippen LogP contribution is -2.35. The van der Waals surface area contributed by atoms with E-state index in [1.165, 1.54) is 19.3 Å². The third-order valence-corrected chi connectivity index (χ3v) is 3.94. The Morgan fingerprint density at radius 1 is 1.33 bits per heavy atom. The van der Waals surface area contributed by atoms with Crippen molar-refractivity contribution in [1.82, 2.24) is 10.3 Å². The van der Waals surface area contributed by atoms with Crippen LogP contribution in [0.1, 0.15) is 31.2 Å². The lowest BCUT2D eigenvalue weighted by Gasteiger charge is -2.23. The molecule has 21 heavy (non-hydrogen) atoms. The van der Waals surface area contributed by atoms with E-state index in [1.54, 1.807) is 6.07 Å². The molecule has 1 aliphatic heterocycles. The fourth-order valence-electron chi connectivity index (χ4n) is 2.79. The molecule has 1 unspecified atom stereocenters. The molecule has 1 N–H and O–H groups in total. The van der Waals surface area contributed by atoms with E-state index in [0.717, 1.165) is 23.9 Å². The van der Waals surface area contributed by atoms with Crippen molar-refractivity contribution in [3.05, 3.63) is 35.9 Å². The molecule has 0 bridgehead atoms. The Morgan fingerprint density at radius 2 is 2.24 bits per heavy atom. The van der Waals surface area contributed by atoms with E-state index in [9.17, 15) is 5.26 Å². The molecule has 1 saturated heterocycles. The predicted molar refractivity (Wildman–Crippen MR) is 82.2 cm³/mol. The normalized spacial score (nSPS) is 18.3. The first kappa shape index (κ1) is 13.8. The van der Waals surface area contributed by atoms with Gasteiger partial charge in [-0.3, -0.25) is 0 Å². The summed E-state index contributed by atoms with van der Waals surface area (Å²) >= 11 is 0. The minimum atomic E-state index is 0.543. The van der Waals surface area contributed by atoms with Gasteiger partial charge in [-0.15, -0.1) is 0 Å². The summed E-state index contributed by atoms with van der Waals surface area (Å²) in [5, 5.41) is 13.6. The number of fused-ring (bicyclic) bond motifs is 1. The quantitative estimate of drug-likeness (QED) is 0.936. The van der Waals surface area contributed by atoms with E-state index in [0.29, 0.717) is 24.1 Å². The molecule has 4 nitrogen and oxygen atoms in total. The highest BCUT2D eigenvalue weighted by Crippen LogP contribution is 2.21. The van der Waals surface area contributed by atoms with Crippen molar-refractivity contribution in [2.45, 2.75) is 31.7 Å². The summed E-state index contributed by atoms with van der Waals surface area (Å²) in [5.74, 6) is 0.543. The average molecular weight is 281 g/mol. The second-order valence-corrected chi connectivity index (χ2v) is 5.42. The molecule has 0 spiro atoms. The largest absolute Gasteiger partial charge is 0.478 e. The first-order chi connectivity index (χ1) is 10.4. The summed E-state index contributed by atoms with van der Waals surface area (Å²) in [6.45, 7) is 1.74. The second kappa shape index (κ2) is 6.55. The van der Waals surface area contributed by atoms with Crippen LogP contribution in [0.4, 0.5) is 0 Å². The number of rotatable bonds is 4. The molecule has 1 fully saturated rings. The lowest BCUT2D eigenvalue weighted by atomic mass is 10.0. The second-order valence-electron chi connectivity index (χ2n) is 5.42. The number of hydrogen-bond acceptors (Lipinski definition) is 4. The standard InChI is InChI=1S/C17H19N3O/c18-12-13-11-17(20-16-7-2-1-6-15(13)16)21-10-8-14-5-3-4-9-19-14/h1-2,6-7,11,14,19H,3-5,8-10H2. The SMILES string of the molecule is N#Cc1cc(OCCC2CCCCN2)nc2ccccc12. The van der Waals surface area contributed by atoms with E-state index in [2.05, 4.69) is 16.4 Å². The zero-order valence-electron chi connectivity index (χ0n) is 12.0. The molecule has 2 heterocycles. The smallest absolute Gasteiger partial charge is 0.215 e. The maximum atomic E-state index is 9.25. The van der Waals surface area contributed by atoms with Gasteiger partial charge >= 0.3 is 0 Å². The summed E-state index contributed by atoms with van der Waals surface area (Å²) < 4.78 is 5.76. The maximum Gasteiger partial charge on any atom is 0.215 e. The minimum Gasteiger partial charge on any atom is -0.478 e. The third-order valence-electron chi connectivity index (χ3n) is 3.94. The van der Waals surface area contributed by atoms with E-state index >= 15 is 0 Å². The molecule has 108 valence electrons. The van der Waals surface area contributed by atoms with Crippen LogP contribution in [0.2, 0.25) is 0 Å². The molecule has 1 aromatic carbocycles. The number of nitriles is 1. The van der Waals surface area contributed by atoms with Crippen molar-refractivity contribution < 1.29 is 4.74 Å². The lowest BCUT2D eigenvalue weighted by molar-refractivity contribution is 0.261. The number of piperidine rings is 1. The van der Waals surface area contributed by atoms with Crippen LogP contribution in [0, 0.1) is 11.3 Å². The van der Waals surface area contributed by atoms with Crippen molar-refractivity contribution in [2.75, 3.05) is 13.2 Å². The molecule has 0 aliphatic carbocycles. The Hall–Kier alpha value is -2.12. The van der Waals surface area contributed by atoms with Gasteiger partial charge in [0.2, 0.25) is 5.88 Å². The van der Waals surface area contributed by atoms with Gasteiger partial charge in [-0.1, -0.05) is 24.6 Å². The number of ether oxygens (including phenoxy) is 1. The highest BCUT2D eigenvalue weighted by atomic mass is 16.5. The maximum absolute atomic E-state index is 9.25. The first-order valence-corrected chi connectivity index (χ1v) is 7.53. The third kappa shape index (κ3) is 3.32. The fourth-order valence-corrected chi connectivity index (χ4v) is 2.79. The molecule has 0 saturated carbocycles. The number of aromatic nitrogens is 1. The molecule has 1 aliphatic rings. The summed E-state index contributed by atoms with van der Waals surface area (Å²) in [5.41, 5.74) is 1.42. The van der Waals surface area contributed by atoms with Crippen molar-refractivity contribution >= 4 is 10.9 Å². The molecule has 0 amide bonds. The molecule has 1 atom stereocenters. The van der Waals surface area contributed by atoms with Gasteiger partial charge < -0.3 is 10.1 Å². The van der Waals surface area contributed by atoms with Crippen LogP contribution in [-0.2, 0) is 0 Å². The van der Waals surface area contributed by atoms with E-state index in [4.69, 9.17) is 4.74 Å². The molecule has 4 heteroatoms. The molecular formula is C17H19N3O. The number of pyridine rings is 1. The van der Waals surface area contributed by atoms with Crippen LogP contribution in [0.25, 0.3) is 10.9 Å². The highest BCUT2D eigenvalue weighted by molar-refractivity contribution is 5.85. The van der Waals surface area contributed by atoms with Crippen LogP contribution < -0.4 is 10.1 Å².